The Morgan fingerprint density at radius 1 is 1.06 bits per heavy atom. The number of halogens is 3. The van der Waals surface area contributed by atoms with Crippen LogP contribution < -0.4 is 15.5 Å². The Balaban J connectivity index is 1.62. The molecule has 0 heterocycles. The van der Waals surface area contributed by atoms with Gasteiger partial charge in [-0.2, -0.15) is 5.10 Å². The molecule has 0 atom stereocenters. The van der Waals surface area contributed by atoms with Gasteiger partial charge in [0.05, 0.1) is 6.21 Å². The number of anilines is 1. The van der Waals surface area contributed by atoms with E-state index in [1.165, 1.54) is 6.21 Å². The van der Waals surface area contributed by atoms with Crippen LogP contribution in [0.5, 0.6) is 5.75 Å². The lowest BCUT2D eigenvalue weighted by atomic mass is 10.2. The Labute approximate surface area is 203 Å². The molecule has 2 N–H and O–H groups in total. The third-order valence-corrected chi connectivity index (χ3v) is 5.41. The van der Waals surface area contributed by atoms with Gasteiger partial charge in [0.15, 0.2) is 6.61 Å². The number of nitrogens with one attached hydrogen (secondary N) is 2. The first kappa shape index (κ1) is 23.8. The third kappa shape index (κ3) is 6.82. The number of nitrogens with zero attached hydrogens (tertiary/aromatic N) is 1. The van der Waals surface area contributed by atoms with E-state index in [-0.39, 0.29) is 18.4 Å². The first-order valence-electron chi connectivity index (χ1n) is 9.39. The minimum absolute atomic E-state index is 0.217. The van der Waals surface area contributed by atoms with E-state index >= 15 is 0 Å². The number of carbonyl (C=O) groups is 2. The van der Waals surface area contributed by atoms with Gasteiger partial charge in [0, 0.05) is 31.3 Å². The van der Waals surface area contributed by atoms with Crippen molar-refractivity contribution >= 4 is 62.8 Å². The Hall–Kier alpha value is -2.87. The Kier molecular flexibility index (Phi) is 8.27. The topological polar surface area (TPSA) is 79.8 Å². The van der Waals surface area contributed by atoms with Gasteiger partial charge in [-0.15, -0.1) is 0 Å². The molecule has 0 fully saturated rings. The summed E-state index contributed by atoms with van der Waals surface area (Å²) in [5, 5.41) is 7.82. The van der Waals surface area contributed by atoms with E-state index in [0.717, 1.165) is 10.0 Å². The summed E-state index contributed by atoms with van der Waals surface area (Å²) in [7, 11) is 0. The first-order chi connectivity index (χ1) is 15.3. The zero-order valence-electron chi connectivity index (χ0n) is 16.9. The summed E-state index contributed by atoms with van der Waals surface area (Å²) in [5.74, 6) is -0.298. The van der Waals surface area contributed by atoms with Crippen molar-refractivity contribution < 1.29 is 14.3 Å². The molecule has 0 aliphatic rings. The normalized spacial score (nSPS) is 10.8. The molecule has 0 aromatic heterocycles. The summed E-state index contributed by atoms with van der Waals surface area (Å²) >= 11 is 15.3. The van der Waals surface area contributed by atoms with Gasteiger partial charge in [-0.05, 0) is 67.1 Å². The van der Waals surface area contributed by atoms with E-state index in [1.807, 2.05) is 13.0 Å². The third-order valence-electron chi connectivity index (χ3n) is 4.26. The average molecular weight is 535 g/mol. The van der Waals surface area contributed by atoms with Crippen LogP contribution >= 0.6 is 39.1 Å². The van der Waals surface area contributed by atoms with Gasteiger partial charge in [-0.25, -0.2) is 5.43 Å². The van der Waals surface area contributed by atoms with Crippen molar-refractivity contribution in [2.45, 2.75) is 6.92 Å². The molecule has 32 heavy (non-hydrogen) atoms. The molecular formula is C23H18BrCl2N3O3. The number of aryl methyl sites for hydroxylation is 1. The van der Waals surface area contributed by atoms with Gasteiger partial charge in [0.1, 0.15) is 5.75 Å². The highest BCUT2D eigenvalue weighted by molar-refractivity contribution is 9.10. The minimum atomic E-state index is -0.383. The van der Waals surface area contributed by atoms with Gasteiger partial charge >= 0.3 is 0 Å². The zero-order chi connectivity index (χ0) is 23.1. The van der Waals surface area contributed by atoms with Crippen molar-refractivity contribution in [1.29, 1.82) is 0 Å². The summed E-state index contributed by atoms with van der Waals surface area (Å²) in [5.41, 5.74) is 4.94. The van der Waals surface area contributed by atoms with Crippen LogP contribution in [0.3, 0.4) is 0 Å². The molecule has 0 saturated heterocycles. The van der Waals surface area contributed by atoms with E-state index in [4.69, 9.17) is 27.9 Å². The molecule has 0 spiro atoms. The van der Waals surface area contributed by atoms with Crippen LogP contribution in [0.1, 0.15) is 21.5 Å². The van der Waals surface area contributed by atoms with E-state index in [9.17, 15) is 9.59 Å². The van der Waals surface area contributed by atoms with Crippen molar-refractivity contribution in [2.24, 2.45) is 5.10 Å². The largest absolute Gasteiger partial charge is 0.483 e. The summed E-state index contributed by atoms with van der Waals surface area (Å²) in [6, 6.07) is 16.9. The molecule has 0 bridgehead atoms. The van der Waals surface area contributed by atoms with Gasteiger partial charge in [0.2, 0.25) is 0 Å². The highest BCUT2D eigenvalue weighted by Gasteiger charge is 2.09. The lowest BCUT2D eigenvalue weighted by Gasteiger charge is -2.11. The second-order valence-corrected chi connectivity index (χ2v) is 8.45. The van der Waals surface area contributed by atoms with E-state index in [0.29, 0.717) is 32.6 Å². The van der Waals surface area contributed by atoms with Crippen LogP contribution in [0.15, 0.2) is 70.2 Å². The molecule has 0 radical (unpaired) electrons. The maximum absolute atomic E-state index is 12.3. The maximum Gasteiger partial charge on any atom is 0.271 e. The fourth-order valence-corrected chi connectivity index (χ4v) is 3.27. The molecule has 3 aromatic rings. The average Bonchev–Trinajstić information content (AvgIpc) is 2.76. The summed E-state index contributed by atoms with van der Waals surface area (Å²) < 4.78 is 6.44. The molecule has 0 saturated carbocycles. The highest BCUT2D eigenvalue weighted by atomic mass is 79.9. The number of carbonyl (C=O) groups excluding carboxylic acids is 2. The van der Waals surface area contributed by atoms with Crippen LogP contribution in [-0.2, 0) is 4.79 Å². The van der Waals surface area contributed by atoms with Crippen LogP contribution in [0.4, 0.5) is 5.69 Å². The molecule has 164 valence electrons. The number of rotatable bonds is 7. The molecule has 0 aliphatic carbocycles. The van der Waals surface area contributed by atoms with Crippen molar-refractivity contribution in [3.8, 4) is 5.75 Å². The first-order valence-corrected chi connectivity index (χ1v) is 10.9. The van der Waals surface area contributed by atoms with Crippen molar-refractivity contribution in [1.82, 2.24) is 5.43 Å². The monoisotopic (exact) mass is 533 g/mol. The number of amides is 2. The van der Waals surface area contributed by atoms with Crippen LogP contribution in [0.2, 0.25) is 10.0 Å². The highest BCUT2D eigenvalue weighted by Crippen LogP contribution is 2.23. The van der Waals surface area contributed by atoms with E-state index in [1.54, 1.807) is 54.6 Å². The molecular weight excluding hydrogens is 517 g/mol. The Morgan fingerprint density at radius 3 is 2.53 bits per heavy atom. The fraction of sp³-hybridized carbons (Fsp3) is 0.0870. The summed E-state index contributed by atoms with van der Waals surface area (Å²) in [4.78, 5) is 24.4. The molecule has 0 aliphatic heterocycles. The number of benzene rings is 3. The number of ether oxygens (including phenoxy) is 1. The van der Waals surface area contributed by atoms with Crippen molar-refractivity contribution in [2.75, 3.05) is 11.9 Å². The van der Waals surface area contributed by atoms with Gasteiger partial charge < -0.3 is 10.1 Å². The smallest absolute Gasteiger partial charge is 0.271 e. The summed E-state index contributed by atoms with van der Waals surface area (Å²) in [6.07, 6.45) is 1.44. The lowest BCUT2D eigenvalue weighted by Crippen LogP contribution is -2.20. The minimum Gasteiger partial charge on any atom is -0.483 e. The molecule has 3 aromatic carbocycles. The zero-order valence-corrected chi connectivity index (χ0v) is 20.0. The van der Waals surface area contributed by atoms with Crippen LogP contribution in [0.25, 0.3) is 0 Å². The van der Waals surface area contributed by atoms with Crippen LogP contribution in [0, 0.1) is 6.92 Å². The predicted molar refractivity (Wildman–Crippen MR) is 131 cm³/mol. The standard InChI is InChI=1S/C23H18BrCl2N3O3/c1-14-2-8-19(11-20(14)26)28-22(30)13-32-21-9-5-17(24)10-16(21)12-27-29-23(31)15-3-6-18(25)7-4-15/h2-12H,13H2,1H3,(H,28,30)(H,29,31)/b27-12+. The SMILES string of the molecule is Cc1ccc(NC(=O)COc2ccc(Br)cc2/C=N/NC(=O)c2ccc(Cl)cc2)cc1Cl. The number of hydrogen-bond acceptors (Lipinski definition) is 4. The molecule has 3 rings (SSSR count). The number of hydrazone groups is 1. The van der Waals surface area contributed by atoms with Crippen LogP contribution in [-0.4, -0.2) is 24.6 Å². The van der Waals surface area contributed by atoms with E-state index < -0.39 is 0 Å². The number of hydrogen-bond donors (Lipinski definition) is 2. The van der Waals surface area contributed by atoms with Gasteiger partial charge in [-0.1, -0.05) is 45.2 Å². The second kappa shape index (κ2) is 11.1. The lowest BCUT2D eigenvalue weighted by molar-refractivity contribution is -0.118. The Morgan fingerprint density at radius 2 is 1.81 bits per heavy atom. The molecule has 0 unspecified atom stereocenters. The summed E-state index contributed by atoms with van der Waals surface area (Å²) in [6.45, 7) is 1.66. The van der Waals surface area contributed by atoms with Crippen molar-refractivity contribution in [3.63, 3.8) is 0 Å². The molecule has 6 nitrogen and oxygen atoms in total. The maximum atomic E-state index is 12.3. The van der Waals surface area contributed by atoms with Gasteiger partial charge in [0.25, 0.3) is 11.8 Å². The second-order valence-electron chi connectivity index (χ2n) is 6.69. The Bertz CT molecular complexity index is 1170. The van der Waals surface area contributed by atoms with Gasteiger partial charge in [-0.3, -0.25) is 9.59 Å². The fourth-order valence-electron chi connectivity index (χ4n) is 2.59. The molecule has 9 heteroatoms. The molecule has 2 amide bonds. The predicted octanol–water partition coefficient (Wildman–Crippen LogP) is 5.85. The van der Waals surface area contributed by atoms with Crippen molar-refractivity contribution in [3.05, 3.63) is 91.9 Å². The van der Waals surface area contributed by atoms with E-state index in [2.05, 4.69) is 31.8 Å². The quantitative estimate of drug-likeness (QED) is 0.295.